The van der Waals surface area contributed by atoms with Gasteiger partial charge < -0.3 is 5.32 Å². The van der Waals surface area contributed by atoms with Gasteiger partial charge in [-0.2, -0.15) is 5.26 Å². The van der Waals surface area contributed by atoms with Crippen LogP contribution < -0.4 is 5.32 Å². The first kappa shape index (κ1) is 13.4. The minimum atomic E-state index is 0.153. The molecule has 3 heteroatoms. The SMILES string of the molecule is C[C@H](NC1CCCCC1C#N)c1cccc(Cl)c1. The first-order chi connectivity index (χ1) is 8.70. The highest BCUT2D eigenvalue weighted by Crippen LogP contribution is 2.26. The molecule has 1 aromatic carbocycles. The largest absolute Gasteiger partial charge is 0.306 e. The number of benzene rings is 1. The van der Waals surface area contributed by atoms with Crippen molar-refractivity contribution in [3.05, 3.63) is 34.9 Å². The Labute approximate surface area is 114 Å². The Morgan fingerprint density at radius 2 is 2.17 bits per heavy atom. The zero-order valence-electron chi connectivity index (χ0n) is 10.7. The zero-order chi connectivity index (χ0) is 13.0. The molecule has 0 radical (unpaired) electrons. The van der Waals surface area contributed by atoms with E-state index in [4.69, 9.17) is 11.6 Å². The number of halogens is 1. The van der Waals surface area contributed by atoms with Gasteiger partial charge in [-0.1, -0.05) is 36.6 Å². The first-order valence-corrected chi connectivity index (χ1v) is 6.99. The zero-order valence-corrected chi connectivity index (χ0v) is 11.5. The van der Waals surface area contributed by atoms with Crippen molar-refractivity contribution in [3.63, 3.8) is 0 Å². The van der Waals surface area contributed by atoms with Gasteiger partial charge in [0.05, 0.1) is 12.0 Å². The van der Waals surface area contributed by atoms with Crippen molar-refractivity contribution in [2.45, 2.75) is 44.7 Å². The summed E-state index contributed by atoms with van der Waals surface area (Å²) in [5, 5.41) is 13.5. The molecular weight excluding hydrogens is 244 g/mol. The Balaban J connectivity index is 2.02. The van der Waals surface area contributed by atoms with Gasteiger partial charge in [0.1, 0.15) is 0 Å². The second-order valence-electron chi connectivity index (χ2n) is 5.07. The second kappa shape index (κ2) is 6.22. The fourth-order valence-corrected chi connectivity index (χ4v) is 2.88. The van der Waals surface area contributed by atoms with Crippen LogP contribution in [0.25, 0.3) is 0 Å². The van der Waals surface area contributed by atoms with Gasteiger partial charge >= 0.3 is 0 Å². The lowest BCUT2D eigenvalue weighted by Gasteiger charge is -2.30. The molecule has 2 nitrogen and oxygen atoms in total. The third kappa shape index (κ3) is 3.25. The molecule has 1 aliphatic rings. The van der Waals surface area contributed by atoms with Gasteiger partial charge in [-0.05, 0) is 37.5 Å². The maximum atomic E-state index is 9.18. The fourth-order valence-electron chi connectivity index (χ4n) is 2.68. The highest BCUT2D eigenvalue weighted by Gasteiger charge is 2.26. The molecule has 2 rings (SSSR count). The van der Waals surface area contributed by atoms with Crippen LogP contribution in [0, 0.1) is 17.2 Å². The Hall–Kier alpha value is -1.04. The lowest BCUT2D eigenvalue weighted by molar-refractivity contribution is 0.292. The molecule has 1 saturated carbocycles. The summed E-state index contributed by atoms with van der Waals surface area (Å²) in [6.45, 7) is 2.13. The lowest BCUT2D eigenvalue weighted by Crippen LogP contribution is -2.39. The predicted octanol–water partition coefficient (Wildman–Crippen LogP) is 4.07. The van der Waals surface area contributed by atoms with Gasteiger partial charge in [0.15, 0.2) is 0 Å². The average Bonchev–Trinajstić information content (AvgIpc) is 2.39. The number of nitrogens with zero attached hydrogens (tertiary/aromatic N) is 1. The molecule has 0 heterocycles. The van der Waals surface area contributed by atoms with Gasteiger partial charge in [-0.25, -0.2) is 0 Å². The molecule has 0 aromatic heterocycles. The van der Waals surface area contributed by atoms with Crippen LogP contribution in [0.2, 0.25) is 5.02 Å². The molecule has 0 bridgehead atoms. The summed E-state index contributed by atoms with van der Waals surface area (Å²) in [7, 11) is 0. The summed E-state index contributed by atoms with van der Waals surface area (Å²) in [5.74, 6) is 0.153. The number of hydrogen-bond acceptors (Lipinski definition) is 2. The van der Waals surface area contributed by atoms with E-state index in [-0.39, 0.29) is 12.0 Å². The van der Waals surface area contributed by atoms with E-state index >= 15 is 0 Å². The molecule has 96 valence electrons. The Morgan fingerprint density at radius 1 is 1.39 bits per heavy atom. The van der Waals surface area contributed by atoms with Crippen LogP contribution in [0.15, 0.2) is 24.3 Å². The predicted molar refractivity (Wildman–Crippen MR) is 74.4 cm³/mol. The molecule has 0 saturated heterocycles. The highest BCUT2D eigenvalue weighted by atomic mass is 35.5. The number of nitriles is 1. The first-order valence-electron chi connectivity index (χ1n) is 6.62. The second-order valence-corrected chi connectivity index (χ2v) is 5.51. The van der Waals surface area contributed by atoms with Crippen LogP contribution in [-0.2, 0) is 0 Å². The van der Waals surface area contributed by atoms with E-state index < -0.39 is 0 Å². The van der Waals surface area contributed by atoms with E-state index in [1.54, 1.807) is 0 Å². The van der Waals surface area contributed by atoms with Crippen molar-refractivity contribution in [1.29, 1.82) is 5.26 Å². The quantitative estimate of drug-likeness (QED) is 0.891. The van der Waals surface area contributed by atoms with Crippen LogP contribution in [0.4, 0.5) is 0 Å². The summed E-state index contributed by atoms with van der Waals surface area (Å²) in [5.41, 5.74) is 1.18. The van der Waals surface area contributed by atoms with Crippen LogP contribution in [0.1, 0.15) is 44.2 Å². The summed E-state index contributed by atoms with van der Waals surface area (Å²) in [4.78, 5) is 0. The van der Waals surface area contributed by atoms with E-state index in [1.807, 2.05) is 18.2 Å². The minimum Gasteiger partial charge on any atom is -0.306 e. The van der Waals surface area contributed by atoms with Gasteiger partial charge in [0.2, 0.25) is 0 Å². The molecule has 1 N–H and O–H groups in total. The molecule has 0 spiro atoms. The van der Waals surface area contributed by atoms with Gasteiger partial charge in [0.25, 0.3) is 0 Å². The molecule has 0 aliphatic heterocycles. The highest BCUT2D eigenvalue weighted by molar-refractivity contribution is 6.30. The van der Waals surface area contributed by atoms with Crippen LogP contribution in [0.3, 0.4) is 0 Å². The molecule has 1 aliphatic carbocycles. The summed E-state index contributed by atoms with van der Waals surface area (Å²) < 4.78 is 0. The van der Waals surface area contributed by atoms with Crippen molar-refractivity contribution in [2.75, 3.05) is 0 Å². The van der Waals surface area contributed by atoms with E-state index in [0.29, 0.717) is 6.04 Å². The topological polar surface area (TPSA) is 35.8 Å². The molecule has 18 heavy (non-hydrogen) atoms. The monoisotopic (exact) mass is 262 g/mol. The summed E-state index contributed by atoms with van der Waals surface area (Å²) in [6.07, 6.45) is 4.53. The molecule has 1 aromatic rings. The van der Waals surface area contributed by atoms with Crippen LogP contribution in [0.5, 0.6) is 0 Å². The Bertz CT molecular complexity index is 438. The van der Waals surface area contributed by atoms with Crippen molar-refractivity contribution >= 4 is 11.6 Å². The van der Waals surface area contributed by atoms with Crippen LogP contribution in [-0.4, -0.2) is 6.04 Å². The normalized spacial score (nSPS) is 25.4. The number of hydrogen-bond donors (Lipinski definition) is 1. The van der Waals surface area contributed by atoms with Crippen molar-refractivity contribution in [3.8, 4) is 6.07 Å². The van der Waals surface area contributed by atoms with Crippen molar-refractivity contribution in [1.82, 2.24) is 5.32 Å². The maximum Gasteiger partial charge on any atom is 0.0672 e. The Kier molecular flexibility index (Phi) is 4.63. The third-order valence-electron chi connectivity index (χ3n) is 3.74. The third-order valence-corrected chi connectivity index (χ3v) is 3.98. The fraction of sp³-hybridized carbons (Fsp3) is 0.533. The average molecular weight is 263 g/mol. The molecule has 2 unspecified atom stereocenters. The van der Waals surface area contributed by atoms with Crippen molar-refractivity contribution in [2.24, 2.45) is 5.92 Å². The standard InChI is InChI=1S/C15H19ClN2/c1-11(12-6-4-7-14(16)9-12)18-15-8-3-2-5-13(15)10-17/h4,6-7,9,11,13,15,18H,2-3,5,8H2,1H3/t11-,13?,15?/m0/s1. The van der Waals surface area contributed by atoms with E-state index in [0.717, 1.165) is 17.9 Å². The minimum absolute atomic E-state index is 0.153. The van der Waals surface area contributed by atoms with E-state index in [1.165, 1.54) is 18.4 Å². The summed E-state index contributed by atoms with van der Waals surface area (Å²) in [6, 6.07) is 10.9. The Morgan fingerprint density at radius 3 is 2.89 bits per heavy atom. The van der Waals surface area contributed by atoms with E-state index in [2.05, 4.69) is 24.4 Å². The van der Waals surface area contributed by atoms with Gasteiger partial charge in [0, 0.05) is 17.1 Å². The summed E-state index contributed by atoms with van der Waals surface area (Å²) >= 11 is 6.01. The van der Waals surface area contributed by atoms with Gasteiger partial charge in [-0.15, -0.1) is 0 Å². The smallest absolute Gasteiger partial charge is 0.0672 e. The maximum absolute atomic E-state index is 9.18. The van der Waals surface area contributed by atoms with Crippen LogP contribution >= 0.6 is 11.6 Å². The molecule has 3 atom stereocenters. The van der Waals surface area contributed by atoms with Crippen molar-refractivity contribution < 1.29 is 0 Å². The molecule has 0 amide bonds. The van der Waals surface area contributed by atoms with E-state index in [9.17, 15) is 5.26 Å². The molecule has 1 fully saturated rings. The number of nitrogens with one attached hydrogen (secondary N) is 1. The lowest BCUT2D eigenvalue weighted by atomic mass is 9.85. The van der Waals surface area contributed by atoms with Gasteiger partial charge in [-0.3, -0.25) is 0 Å². The number of rotatable bonds is 3. The molecular formula is C15H19ClN2.